The fourth-order valence-electron chi connectivity index (χ4n) is 1.72. The van der Waals surface area contributed by atoms with Crippen molar-refractivity contribution in [1.29, 1.82) is 0 Å². The van der Waals surface area contributed by atoms with Crippen molar-refractivity contribution in [2.24, 2.45) is 0 Å². The number of benzene rings is 1. The van der Waals surface area contributed by atoms with Crippen LogP contribution in [0.1, 0.15) is 32.0 Å². The van der Waals surface area contributed by atoms with Crippen LogP contribution in [0.2, 0.25) is 5.02 Å². The van der Waals surface area contributed by atoms with Gasteiger partial charge in [-0.15, -0.1) is 15.0 Å². The molecular formula is C13H18ClN5. The van der Waals surface area contributed by atoms with Gasteiger partial charge in [-0.3, -0.25) is 0 Å². The van der Waals surface area contributed by atoms with E-state index >= 15 is 0 Å². The number of tetrazole rings is 1. The number of hydrogen-bond acceptors (Lipinski definition) is 4. The second-order valence-corrected chi connectivity index (χ2v) is 4.96. The highest BCUT2D eigenvalue weighted by molar-refractivity contribution is 6.30. The van der Waals surface area contributed by atoms with Gasteiger partial charge in [0.05, 0.1) is 5.69 Å². The van der Waals surface area contributed by atoms with Crippen molar-refractivity contribution in [1.82, 2.24) is 25.5 Å². The summed E-state index contributed by atoms with van der Waals surface area (Å²) in [6.07, 6.45) is 1.12. The molecule has 2 aromatic rings. The highest BCUT2D eigenvalue weighted by Crippen LogP contribution is 2.14. The minimum Gasteiger partial charge on any atom is -0.316 e. The van der Waals surface area contributed by atoms with Gasteiger partial charge in [0.2, 0.25) is 0 Å². The van der Waals surface area contributed by atoms with Gasteiger partial charge in [0.25, 0.3) is 0 Å². The van der Waals surface area contributed by atoms with Gasteiger partial charge in [0.1, 0.15) is 0 Å². The molecule has 1 aromatic carbocycles. The Morgan fingerprint density at radius 1 is 1.42 bits per heavy atom. The average Bonchev–Trinajstić information content (AvgIpc) is 2.88. The standard InChI is InChI=1S/C13H18ClN5/c1-3-7-15-9-10(2)13-16-18-19(17-13)12-6-4-5-11(14)8-12/h4-6,8,10,15H,3,7,9H2,1-2H3. The van der Waals surface area contributed by atoms with Gasteiger partial charge in [-0.05, 0) is 36.4 Å². The zero-order valence-electron chi connectivity index (χ0n) is 11.2. The van der Waals surface area contributed by atoms with Crippen LogP contribution in [0, 0.1) is 0 Å². The molecule has 1 unspecified atom stereocenters. The molecule has 0 aliphatic heterocycles. The molecule has 102 valence electrons. The Kier molecular flexibility index (Phi) is 4.87. The minimum atomic E-state index is 0.236. The zero-order chi connectivity index (χ0) is 13.7. The summed E-state index contributed by atoms with van der Waals surface area (Å²) >= 11 is 5.95. The molecular weight excluding hydrogens is 262 g/mol. The third kappa shape index (κ3) is 3.75. The second-order valence-electron chi connectivity index (χ2n) is 4.52. The number of halogens is 1. The van der Waals surface area contributed by atoms with Gasteiger partial charge in [-0.1, -0.05) is 31.5 Å². The van der Waals surface area contributed by atoms with Crippen LogP contribution in [0.3, 0.4) is 0 Å². The monoisotopic (exact) mass is 279 g/mol. The molecule has 0 aliphatic carbocycles. The molecule has 1 atom stereocenters. The van der Waals surface area contributed by atoms with E-state index in [9.17, 15) is 0 Å². The first-order chi connectivity index (χ1) is 9.20. The van der Waals surface area contributed by atoms with Crippen LogP contribution in [-0.2, 0) is 0 Å². The highest BCUT2D eigenvalue weighted by Gasteiger charge is 2.12. The Morgan fingerprint density at radius 2 is 2.26 bits per heavy atom. The van der Waals surface area contributed by atoms with Crippen LogP contribution in [0.4, 0.5) is 0 Å². The van der Waals surface area contributed by atoms with Gasteiger partial charge in [0.15, 0.2) is 5.82 Å². The van der Waals surface area contributed by atoms with Gasteiger partial charge in [-0.2, -0.15) is 0 Å². The zero-order valence-corrected chi connectivity index (χ0v) is 11.9. The van der Waals surface area contributed by atoms with Gasteiger partial charge in [-0.25, -0.2) is 0 Å². The number of aromatic nitrogens is 4. The summed E-state index contributed by atoms with van der Waals surface area (Å²) in [6.45, 7) is 6.09. The van der Waals surface area contributed by atoms with E-state index < -0.39 is 0 Å². The smallest absolute Gasteiger partial charge is 0.179 e. The summed E-state index contributed by atoms with van der Waals surface area (Å²) in [5.41, 5.74) is 0.819. The van der Waals surface area contributed by atoms with Crippen LogP contribution in [-0.4, -0.2) is 33.3 Å². The largest absolute Gasteiger partial charge is 0.316 e. The molecule has 0 saturated heterocycles. The molecule has 1 N–H and O–H groups in total. The van der Waals surface area contributed by atoms with Crippen molar-refractivity contribution in [2.45, 2.75) is 26.2 Å². The molecule has 2 rings (SSSR count). The van der Waals surface area contributed by atoms with Crippen LogP contribution in [0.5, 0.6) is 0 Å². The Hall–Kier alpha value is -1.46. The van der Waals surface area contributed by atoms with E-state index in [1.54, 1.807) is 0 Å². The maximum absolute atomic E-state index is 5.95. The predicted octanol–water partition coefficient (Wildman–Crippen LogP) is 2.42. The molecule has 0 bridgehead atoms. The summed E-state index contributed by atoms with van der Waals surface area (Å²) in [4.78, 5) is 1.51. The number of rotatable bonds is 6. The first kappa shape index (κ1) is 14.0. The topological polar surface area (TPSA) is 55.6 Å². The quantitative estimate of drug-likeness (QED) is 0.825. The third-order valence-electron chi connectivity index (χ3n) is 2.79. The summed E-state index contributed by atoms with van der Waals surface area (Å²) < 4.78 is 0. The van der Waals surface area contributed by atoms with Crippen molar-refractivity contribution >= 4 is 11.6 Å². The molecule has 0 spiro atoms. The fraction of sp³-hybridized carbons (Fsp3) is 0.462. The maximum Gasteiger partial charge on any atom is 0.179 e. The van der Waals surface area contributed by atoms with Crippen LogP contribution < -0.4 is 5.32 Å². The molecule has 0 radical (unpaired) electrons. The van der Waals surface area contributed by atoms with Gasteiger partial charge >= 0.3 is 0 Å². The normalized spacial score (nSPS) is 12.6. The Labute approximate surface area is 118 Å². The lowest BCUT2D eigenvalue weighted by Crippen LogP contribution is -2.21. The predicted molar refractivity (Wildman–Crippen MR) is 75.7 cm³/mol. The molecule has 1 heterocycles. The van der Waals surface area contributed by atoms with E-state index in [0.29, 0.717) is 5.02 Å². The van der Waals surface area contributed by atoms with Crippen molar-refractivity contribution < 1.29 is 0 Å². The lowest BCUT2D eigenvalue weighted by Gasteiger charge is -2.07. The second kappa shape index (κ2) is 6.63. The van der Waals surface area contributed by atoms with E-state index in [0.717, 1.165) is 31.0 Å². The molecule has 0 saturated carbocycles. The molecule has 5 nitrogen and oxygen atoms in total. The lowest BCUT2D eigenvalue weighted by molar-refractivity contribution is 0.586. The summed E-state index contributed by atoms with van der Waals surface area (Å²) in [5, 5.41) is 16.6. The highest BCUT2D eigenvalue weighted by atomic mass is 35.5. The number of hydrogen-bond donors (Lipinski definition) is 1. The van der Waals surface area contributed by atoms with Crippen molar-refractivity contribution in [3.8, 4) is 5.69 Å². The Bertz CT molecular complexity index is 525. The van der Waals surface area contributed by atoms with E-state index in [1.807, 2.05) is 24.3 Å². The summed E-state index contributed by atoms with van der Waals surface area (Å²) in [5.74, 6) is 0.975. The van der Waals surface area contributed by atoms with Crippen molar-refractivity contribution in [3.63, 3.8) is 0 Å². The van der Waals surface area contributed by atoms with Crippen LogP contribution in [0.15, 0.2) is 24.3 Å². The van der Waals surface area contributed by atoms with E-state index in [4.69, 9.17) is 11.6 Å². The molecule has 0 fully saturated rings. The fourth-order valence-corrected chi connectivity index (χ4v) is 1.90. The van der Waals surface area contributed by atoms with E-state index in [2.05, 4.69) is 34.6 Å². The van der Waals surface area contributed by atoms with Crippen molar-refractivity contribution in [2.75, 3.05) is 13.1 Å². The third-order valence-corrected chi connectivity index (χ3v) is 3.02. The average molecular weight is 280 g/mol. The molecule has 1 aromatic heterocycles. The first-order valence-corrected chi connectivity index (χ1v) is 6.85. The molecule has 6 heteroatoms. The van der Waals surface area contributed by atoms with Crippen LogP contribution >= 0.6 is 11.6 Å². The summed E-state index contributed by atoms with van der Waals surface area (Å²) in [7, 11) is 0. The van der Waals surface area contributed by atoms with Crippen molar-refractivity contribution in [3.05, 3.63) is 35.1 Å². The number of nitrogens with zero attached hydrogens (tertiary/aromatic N) is 4. The molecule has 0 amide bonds. The first-order valence-electron chi connectivity index (χ1n) is 6.47. The maximum atomic E-state index is 5.95. The van der Waals surface area contributed by atoms with Gasteiger partial charge < -0.3 is 5.32 Å². The lowest BCUT2D eigenvalue weighted by atomic mass is 10.2. The summed E-state index contributed by atoms with van der Waals surface area (Å²) in [6, 6.07) is 7.40. The van der Waals surface area contributed by atoms with Gasteiger partial charge in [0, 0.05) is 17.5 Å². The van der Waals surface area contributed by atoms with Crippen LogP contribution in [0.25, 0.3) is 5.69 Å². The van der Waals surface area contributed by atoms with E-state index in [-0.39, 0.29) is 5.92 Å². The van der Waals surface area contributed by atoms with E-state index in [1.165, 1.54) is 4.80 Å². The molecule has 19 heavy (non-hydrogen) atoms. The Balaban J connectivity index is 2.06. The minimum absolute atomic E-state index is 0.236. The SMILES string of the molecule is CCCNCC(C)c1nnn(-c2cccc(Cl)c2)n1. The Morgan fingerprint density at radius 3 is 3.00 bits per heavy atom. The molecule has 0 aliphatic rings. The number of nitrogens with one attached hydrogen (secondary N) is 1.